The van der Waals surface area contributed by atoms with Gasteiger partial charge in [0.05, 0.1) is 18.5 Å². The van der Waals surface area contributed by atoms with Crippen molar-refractivity contribution in [3.8, 4) is 11.4 Å². The zero-order valence-corrected chi connectivity index (χ0v) is 18.8. The van der Waals surface area contributed by atoms with Gasteiger partial charge in [0.25, 0.3) is 5.91 Å². The molecule has 5 rings (SSSR count). The van der Waals surface area contributed by atoms with Crippen LogP contribution in [0.25, 0.3) is 5.69 Å². The fourth-order valence-electron chi connectivity index (χ4n) is 3.76. The summed E-state index contributed by atoms with van der Waals surface area (Å²) in [5, 5.41) is 7.78. The van der Waals surface area contributed by atoms with Gasteiger partial charge in [-0.2, -0.15) is 16.9 Å². The van der Waals surface area contributed by atoms with Gasteiger partial charge in [0.1, 0.15) is 11.6 Å². The van der Waals surface area contributed by atoms with Crippen LogP contribution in [0.5, 0.6) is 5.75 Å². The largest absolute Gasteiger partial charge is 0.497 e. The molecule has 2 heterocycles. The second-order valence-corrected chi connectivity index (χ2v) is 8.59. The van der Waals surface area contributed by atoms with Crippen molar-refractivity contribution in [1.82, 2.24) is 9.78 Å². The number of aromatic nitrogens is 2. The van der Waals surface area contributed by atoms with Gasteiger partial charge in [0, 0.05) is 33.8 Å². The van der Waals surface area contributed by atoms with Gasteiger partial charge in [-0.1, -0.05) is 42.5 Å². The van der Waals surface area contributed by atoms with Crippen molar-refractivity contribution in [2.24, 2.45) is 0 Å². The molecule has 0 fully saturated rings. The molecule has 6 nitrogen and oxygen atoms in total. The predicted molar refractivity (Wildman–Crippen MR) is 129 cm³/mol. The van der Waals surface area contributed by atoms with Crippen LogP contribution in [-0.4, -0.2) is 28.6 Å². The van der Waals surface area contributed by atoms with Crippen molar-refractivity contribution in [3.05, 3.63) is 107 Å². The van der Waals surface area contributed by atoms with Crippen molar-refractivity contribution < 1.29 is 14.3 Å². The molecule has 0 spiro atoms. The van der Waals surface area contributed by atoms with E-state index in [4.69, 9.17) is 9.84 Å². The molecule has 33 heavy (non-hydrogen) atoms. The van der Waals surface area contributed by atoms with Gasteiger partial charge in [-0.05, 0) is 36.4 Å². The quantitative estimate of drug-likeness (QED) is 0.409. The third-order valence-electron chi connectivity index (χ3n) is 5.55. The zero-order valence-electron chi connectivity index (χ0n) is 17.9. The number of rotatable bonds is 6. The zero-order chi connectivity index (χ0) is 22.8. The summed E-state index contributed by atoms with van der Waals surface area (Å²) in [4.78, 5) is 25.7. The van der Waals surface area contributed by atoms with Crippen LogP contribution in [0.3, 0.4) is 0 Å². The minimum absolute atomic E-state index is 0.0741. The number of thioether (sulfide) groups is 1. The molecular formula is C26H21N3O3S. The van der Waals surface area contributed by atoms with Crippen molar-refractivity contribution in [2.75, 3.05) is 12.4 Å². The first-order valence-corrected chi connectivity index (χ1v) is 11.6. The van der Waals surface area contributed by atoms with Crippen LogP contribution >= 0.6 is 11.8 Å². The van der Waals surface area contributed by atoms with E-state index >= 15 is 0 Å². The molecule has 1 N–H and O–H groups in total. The van der Waals surface area contributed by atoms with Crippen LogP contribution in [0, 0.1) is 0 Å². The molecule has 0 unspecified atom stereocenters. The molecule has 4 aromatic rings. The van der Waals surface area contributed by atoms with Crippen LogP contribution < -0.4 is 10.1 Å². The molecular weight excluding hydrogens is 434 g/mol. The molecule has 164 valence electrons. The van der Waals surface area contributed by atoms with Crippen molar-refractivity contribution in [3.63, 3.8) is 0 Å². The van der Waals surface area contributed by atoms with E-state index in [0.29, 0.717) is 22.5 Å². The number of hydrogen-bond donors (Lipinski definition) is 1. The highest BCUT2D eigenvalue weighted by Crippen LogP contribution is 2.36. The molecule has 1 aromatic heterocycles. The highest BCUT2D eigenvalue weighted by atomic mass is 32.2. The maximum Gasteiger partial charge on any atom is 0.256 e. The van der Waals surface area contributed by atoms with Gasteiger partial charge < -0.3 is 10.1 Å². The molecule has 1 aliphatic rings. The fraction of sp³-hybridized carbons (Fsp3) is 0.115. The minimum atomic E-state index is -0.247. The number of anilines is 1. The number of ether oxygens (including phenoxy) is 1. The Hall–Kier alpha value is -3.84. The third-order valence-corrected chi connectivity index (χ3v) is 6.52. The number of hydrogen-bond acceptors (Lipinski definition) is 5. The number of ketones is 1. The van der Waals surface area contributed by atoms with Gasteiger partial charge in [0.2, 0.25) is 0 Å². The van der Waals surface area contributed by atoms with E-state index in [-0.39, 0.29) is 11.7 Å². The number of carbonyl (C=O) groups is 2. The monoisotopic (exact) mass is 455 g/mol. The lowest BCUT2D eigenvalue weighted by Gasteiger charge is -2.12. The number of methoxy groups -OCH3 is 1. The Balaban J connectivity index is 1.40. The predicted octanol–water partition coefficient (Wildman–Crippen LogP) is 5.11. The second kappa shape index (κ2) is 8.96. The molecule has 0 saturated carbocycles. The summed E-state index contributed by atoms with van der Waals surface area (Å²) < 4.78 is 7.02. The van der Waals surface area contributed by atoms with E-state index in [9.17, 15) is 9.59 Å². The van der Waals surface area contributed by atoms with Gasteiger partial charge in [-0.15, -0.1) is 0 Å². The third kappa shape index (κ3) is 4.15. The average Bonchev–Trinajstić information content (AvgIpc) is 3.47. The summed E-state index contributed by atoms with van der Waals surface area (Å²) >= 11 is 1.78. The number of nitrogens with one attached hydrogen (secondary N) is 1. The number of benzene rings is 3. The van der Waals surface area contributed by atoms with Crippen LogP contribution in [0.1, 0.15) is 37.5 Å². The lowest BCUT2D eigenvalue weighted by Crippen LogP contribution is -2.16. The molecule has 0 aliphatic carbocycles. The highest BCUT2D eigenvalue weighted by Gasteiger charge is 2.25. The molecule has 0 saturated heterocycles. The van der Waals surface area contributed by atoms with Crippen LogP contribution in [-0.2, 0) is 11.5 Å². The summed E-state index contributed by atoms with van der Waals surface area (Å²) in [7, 11) is 1.62. The SMILES string of the molecule is COc1ccc(-n2nc3c(c2NC(=O)c2ccc(C(=O)c4ccccc4)cc2)CSC3)cc1. The maximum absolute atomic E-state index is 13.1. The Morgan fingerprint density at radius 3 is 2.24 bits per heavy atom. The van der Waals surface area contributed by atoms with E-state index in [1.54, 1.807) is 60.0 Å². The summed E-state index contributed by atoms with van der Waals surface area (Å²) in [6.07, 6.45) is 0. The van der Waals surface area contributed by atoms with E-state index in [2.05, 4.69) is 5.32 Å². The normalized spacial score (nSPS) is 12.3. The Bertz CT molecular complexity index is 1310. The summed E-state index contributed by atoms with van der Waals surface area (Å²) in [6, 6.07) is 23.4. The van der Waals surface area contributed by atoms with E-state index in [1.807, 2.05) is 42.5 Å². The van der Waals surface area contributed by atoms with Crippen LogP contribution in [0.15, 0.2) is 78.9 Å². The number of amides is 1. The van der Waals surface area contributed by atoms with Gasteiger partial charge in [-0.25, -0.2) is 4.68 Å². The lowest BCUT2D eigenvalue weighted by molar-refractivity contribution is 0.101. The number of nitrogens with zero attached hydrogens (tertiary/aromatic N) is 2. The lowest BCUT2D eigenvalue weighted by atomic mass is 10.0. The van der Waals surface area contributed by atoms with Crippen molar-refractivity contribution in [2.45, 2.75) is 11.5 Å². The Morgan fingerprint density at radius 2 is 1.55 bits per heavy atom. The number of carbonyl (C=O) groups excluding carboxylic acids is 2. The topological polar surface area (TPSA) is 73.2 Å². The number of fused-ring (bicyclic) bond motifs is 1. The van der Waals surface area contributed by atoms with Crippen molar-refractivity contribution in [1.29, 1.82) is 0 Å². The van der Waals surface area contributed by atoms with Gasteiger partial charge in [-0.3, -0.25) is 9.59 Å². The van der Waals surface area contributed by atoms with Crippen LogP contribution in [0.4, 0.5) is 5.82 Å². The van der Waals surface area contributed by atoms with E-state index in [0.717, 1.165) is 34.2 Å². The first-order valence-electron chi connectivity index (χ1n) is 10.5. The maximum atomic E-state index is 13.1. The molecule has 0 atom stereocenters. The first-order chi connectivity index (χ1) is 16.1. The van der Waals surface area contributed by atoms with Gasteiger partial charge in [0.15, 0.2) is 5.78 Å². The molecule has 0 radical (unpaired) electrons. The molecule has 7 heteroatoms. The molecule has 1 aliphatic heterocycles. The second-order valence-electron chi connectivity index (χ2n) is 7.60. The van der Waals surface area contributed by atoms with E-state index < -0.39 is 0 Å². The fourth-order valence-corrected chi connectivity index (χ4v) is 4.80. The first kappa shape index (κ1) is 21.0. The Morgan fingerprint density at radius 1 is 0.879 bits per heavy atom. The molecule has 3 aromatic carbocycles. The summed E-state index contributed by atoms with van der Waals surface area (Å²) in [5.74, 6) is 2.72. The highest BCUT2D eigenvalue weighted by molar-refractivity contribution is 7.98. The van der Waals surface area contributed by atoms with Crippen molar-refractivity contribution >= 4 is 29.3 Å². The van der Waals surface area contributed by atoms with E-state index in [1.165, 1.54) is 0 Å². The standard InChI is InChI=1S/C26H21N3O3S/c1-32-21-13-11-20(12-14-21)29-25(22-15-33-16-23(22)28-29)27-26(31)19-9-7-18(8-10-19)24(30)17-5-3-2-4-6-17/h2-14H,15-16H2,1H3,(H,27,31). The molecule has 0 bridgehead atoms. The summed E-state index contributed by atoms with van der Waals surface area (Å²) in [5.41, 5.74) is 4.50. The molecule has 1 amide bonds. The minimum Gasteiger partial charge on any atom is -0.497 e. The summed E-state index contributed by atoms with van der Waals surface area (Å²) in [6.45, 7) is 0. The Kier molecular flexibility index (Phi) is 5.71. The average molecular weight is 456 g/mol. The van der Waals surface area contributed by atoms with Gasteiger partial charge >= 0.3 is 0 Å². The van der Waals surface area contributed by atoms with Crippen LogP contribution in [0.2, 0.25) is 0 Å². The Labute approximate surface area is 195 Å². The smallest absolute Gasteiger partial charge is 0.256 e.